The first kappa shape index (κ1) is 21.7. The van der Waals surface area contributed by atoms with Gasteiger partial charge in [0.1, 0.15) is 12.2 Å². The highest BCUT2D eigenvalue weighted by molar-refractivity contribution is 5.69. The molecule has 2 amide bonds. The Morgan fingerprint density at radius 2 is 1.93 bits per heavy atom. The fraction of sp³-hybridized carbons (Fsp3) is 0.500. The molecule has 0 radical (unpaired) electrons. The third kappa shape index (κ3) is 5.75. The highest BCUT2D eigenvalue weighted by Crippen LogP contribution is 2.24. The van der Waals surface area contributed by atoms with Crippen molar-refractivity contribution in [1.29, 1.82) is 0 Å². The van der Waals surface area contributed by atoms with E-state index in [-0.39, 0.29) is 12.7 Å². The van der Waals surface area contributed by atoms with Crippen LogP contribution in [0.4, 0.5) is 9.59 Å². The van der Waals surface area contributed by atoms with Crippen molar-refractivity contribution in [1.82, 2.24) is 20.0 Å². The molecule has 0 aliphatic carbocycles. The van der Waals surface area contributed by atoms with Crippen molar-refractivity contribution in [3.8, 4) is 0 Å². The van der Waals surface area contributed by atoms with Crippen LogP contribution in [-0.4, -0.2) is 45.6 Å². The minimum absolute atomic E-state index is 0.233. The Kier molecular flexibility index (Phi) is 6.64. The van der Waals surface area contributed by atoms with Crippen molar-refractivity contribution in [3.05, 3.63) is 52.8 Å². The maximum atomic E-state index is 12.4. The van der Waals surface area contributed by atoms with Crippen molar-refractivity contribution in [2.45, 2.75) is 52.4 Å². The van der Waals surface area contributed by atoms with Gasteiger partial charge in [0.15, 0.2) is 0 Å². The lowest BCUT2D eigenvalue weighted by atomic mass is 10.0. The predicted octanol–water partition coefficient (Wildman–Crippen LogP) is 3.18. The highest BCUT2D eigenvalue weighted by Gasteiger charge is 2.29. The van der Waals surface area contributed by atoms with E-state index < -0.39 is 11.7 Å². The third-order valence-electron chi connectivity index (χ3n) is 4.82. The number of aryl methyl sites for hydroxylation is 1. The molecule has 0 saturated carbocycles. The summed E-state index contributed by atoms with van der Waals surface area (Å²) in [6.07, 6.45) is 0.515. The number of hydrogen-bond donors (Lipinski definition) is 1. The molecule has 3 rings (SSSR count). The van der Waals surface area contributed by atoms with Gasteiger partial charge in [-0.1, -0.05) is 30.3 Å². The van der Waals surface area contributed by atoms with Gasteiger partial charge in [-0.2, -0.15) is 5.10 Å². The number of fused-ring (bicyclic) bond motifs is 1. The van der Waals surface area contributed by atoms with Crippen LogP contribution in [0.25, 0.3) is 0 Å². The second-order valence-corrected chi connectivity index (χ2v) is 8.39. The minimum atomic E-state index is -0.529. The van der Waals surface area contributed by atoms with Crippen LogP contribution in [0.3, 0.4) is 0 Å². The quantitative estimate of drug-likeness (QED) is 0.812. The van der Waals surface area contributed by atoms with Gasteiger partial charge in [-0.05, 0) is 26.3 Å². The van der Waals surface area contributed by atoms with Crippen molar-refractivity contribution >= 4 is 12.2 Å². The van der Waals surface area contributed by atoms with Gasteiger partial charge in [-0.25, -0.2) is 9.59 Å². The van der Waals surface area contributed by atoms with E-state index >= 15 is 0 Å². The van der Waals surface area contributed by atoms with Crippen LogP contribution in [0.5, 0.6) is 0 Å². The molecule has 0 fully saturated rings. The fourth-order valence-corrected chi connectivity index (χ4v) is 3.41. The SMILES string of the molecule is Cn1nc(CCNC(=O)OCc2ccccc2)c2c1CCN(C(=O)OC(C)(C)C)C2. The van der Waals surface area contributed by atoms with E-state index in [0.717, 1.165) is 28.9 Å². The second kappa shape index (κ2) is 9.19. The van der Waals surface area contributed by atoms with Crippen molar-refractivity contribution in [2.75, 3.05) is 13.1 Å². The number of amides is 2. The maximum absolute atomic E-state index is 12.4. The smallest absolute Gasteiger partial charge is 0.410 e. The molecule has 2 heterocycles. The van der Waals surface area contributed by atoms with Gasteiger partial charge in [-0.15, -0.1) is 0 Å². The van der Waals surface area contributed by atoms with E-state index in [0.29, 0.717) is 26.1 Å². The fourth-order valence-electron chi connectivity index (χ4n) is 3.41. The monoisotopic (exact) mass is 414 g/mol. The Bertz CT molecular complexity index is 887. The molecule has 0 saturated heterocycles. The lowest BCUT2D eigenvalue weighted by Gasteiger charge is -2.30. The van der Waals surface area contributed by atoms with Crippen molar-refractivity contribution < 1.29 is 19.1 Å². The van der Waals surface area contributed by atoms with Crippen LogP contribution < -0.4 is 5.32 Å². The number of nitrogens with one attached hydrogen (secondary N) is 1. The van der Waals surface area contributed by atoms with Gasteiger partial charge < -0.3 is 19.7 Å². The number of nitrogens with zero attached hydrogens (tertiary/aromatic N) is 3. The van der Waals surface area contributed by atoms with Gasteiger partial charge >= 0.3 is 12.2 Å². The van der Waals surface area contributed by atoms with Crippen LogP contribution in [0.15, 0.2) is 30.3 Å². The second-order valence-electron chi connectivity index (χ2n) is 8.39. The van der Waals surface area contributed by atoms with Crippen LogP contribution in [0.1, 0.15) is 43.3 Å². The summed E-state index contributed by atoms with van der Waals surface area (Å²) < 4.78 is 12.6. The summed E-state index contributed by atoms with van der Waals surface area (Å²) in [7, 11) is 1.91. The Balaban J connectivity index is 1.53. The number of carbonyl (C=O) groups excluding carboxylic acids is 2. The highest BCUT2D eigenvalue weighted by atomic mass is 16.6. The topological polar surface area (TPSA) is 85.7 Å². The molecule has 1 N–H and O–H groups in total. The molecule has 1 aromatic carbocycles. The summed E-state index contributed by atoms with van der Waals surface area (Å²) >= 11 is 0. The normalized spacial score (nSPS) is 13.5. The van der Waals surface area contributed by atoms with Crippen LogP contribution in [0, 0.1) is 0 Å². The number of alkyl carbamates (subject to hydrolysis) is 1. The van der Waals surface area contributed by atoms with E-state index in [1.54, 1.807) is 4.90 Å². The van der Waals surface area contributed by atoms with Gasteiger partial charge in [0.25, 0.3) is 0 Å². The van der Waals surface area contributed by atoms with Gasteiger partial charge in [0.05, 0.1) is 12.2 Å². The molecule has 8 nitrogen and oxygen atoms in total. The third-order valence-corrected chi connectivity index (χ3v) is 4.82. The molecule has 8 heteroatoms. The lowest BCUT2D eigenvalue weighted by Crippen LogP contribution is -2.40. The largest absolute Gasteiger partial charge is 0.445 e. The van der Waals surface area contributed by atoms with Gasteiger partial charge in [0, 0.05) is 44.2 Å². The summed E-state index contributed by atoms with van der Waals surface area (Å²) in [5, 5.41) is 7.36. The number of benzene rings is 1. The molecule has 162 valence electrons. The number of carbonyl (C=O) groups is 2. The first-order valence-corrected chi connectivity index (χ1v) is 10.2. The first-order valence-electron chi connectivity index (χ1n) is 10.2. The number of aromatic nitrogens is 2. The number of ether oxygens (including phenoxy) is 2. The molecule has 0 unspecified atom stereocenters. The van der Waals surface area contributed by atoms with Crippen LogP contribution in [0.2, 0.25) is 0 Å². The van der Waals surface area contributed by atoms with Gasteiger partial charge in [0.2, 0.25) is 0 Å². The first-order chi connectivity index (χ1) is 14.2. The van der Waals surface area contributed by atoms with E-state index in [4.69, 9.17) is 9.47 Å². The number of rotatable bonds is 5. The summed E-state index contributed by atoms with van der Waals surface area (Å²) in [6, 6.07) is 9.54. The maximum Gasteiger partial charge on any atom is 0.410 e. The molecule has 30 heavy (non-hydrogen) atoms. The summed E-state index contributed by atoms with van der Waals surface area (Å²) in [5.74, 6) is 0. The van der Waals surface area contributed by atoms with E-state index in [2.05, 4.69) is 10.4 Å². The zero-order valence-electron chi connectivity index (χ0n) is 18.1. The summed E-state index contributed by atoms with van der Waals surface area (Å²) in [4.78, 5) is 26.1. The lowest BCUT2D eigenvalue weighted by molar-refractivity contribution is 0.0222. The predicted molar refractivity (Wildman–Crippen MR) is 112 cm³/mol. The molecular formula is C22H30N4O4. The van der Waals surface area contributed by atoms with E-state index in [9.17, 15) is 9.59 Å². The molecule has 1 aromatic heterocycles. The van der Waals surface area contributed by atoms with Crippen molar-refractivity contribution in [2.24, 2.45) is 7.05 Å². The van der Waals surface area contributed by atoms with E-state index in [1.807, 2.05) is 62.8 Å². The average molecular weight is 415 g/mol. The molecule has 2 aromatic rings. The Labute approximate surface area is 177 Å². The zero-order chi connectivity index (χ0) is 21.7. The molecule has 0 atom stereocenters. The Morgan fingerprint density at radius 3 is 2.63 bits per heavy atom. The average Bonchev–Trinajstić information content (AvgIpc) is 3.01. The Hall–Kier alpha value is -3.03. The minimum Gasteiger partial charge on any atom is -0.445 e. The van der Waals surface area contributed by atoms with Crippen LogP contribution in [-0.2, 0) is 42.5 Å². The van der Waals surface area contributed by atoms with Crippen LogP contribution >= 0.6 is 0 Å². The van der Waals surface area contributed by atoms with Gasteiger partial charge in [-0.3, -0.25) is 4.68 Å². The molecule has 0 bridgehead atoms. The standard InChI is InChI=1S/C22H30N4O4/c1-22(2,3)30-21(28)26-13-11-19-17(14-26)18(24-25(19)4)10-12-23-20(27)29-15-16-8-6-5-7-9-16/h5-9H,10-15H2,1-4H3,(H,23,27). The molecule has 0 spiro atoms. The van der Waals surface area contributed by atoms with E-state index in [1.165, 1.54) is 0 Å². The molecule has 1 aliphatic rings. The summed E-state index contributed by atoms with van der Waals surface area (Å²) in [6.45, 7) is 7.28. The zero-order valence-corrected chi connectivity index (χ0v) is 18.1. The van der Waals surface area contributed by atoms with Crippen molar-refractivity contribution in [3.63, 3.8) is 0 Å². The molecule has 1 aliphatic heterocycles. The number of hydrogen-bond acceptors (Lipinski definition) is 5. The molecular weight excluding hydrogens is 384 g/mol. The Morgan fingerprint density at radius 1 is 1.20 bits per heavy atom. The summed E-state index contributed by atoms with van der Waals surface area (Å²) in [5.41, 5.74) is 3.45.